The highest BCUT2D eigenvalue weighted by Gasteiger charge is 2.22. The number of sulfonamides is 1. The summed E-state index contributed by atoms with van der Waals surface area (Å²) in [5.41, 5.74) is 1.15. The van der Waals surface area contributed by atoms with Crippen molar-refractivity contribution in [3.8, 4) is 5.75 Å². The van der Waals surface area contributed by atoms with Gasteiger partial charge in [-0.05, 0) is 49.1 Å². The second-order valence-electron chi connectivity index (χ2n) is 11.1. The molecule has 246 valence electrons. The maximum Gasteiger partial charge on any atom is 0.268 e. The number of rotatable bonds is 15. The SMILES string of the molecule is CCCCCCCCCCc1ccc(OCC2CCOCCOCCCOCCO2)c(C(=O)NS(=O)(=O)c2ccccc2)c1. The molecule has 1 N–H and O–H groups in total. The molecule has 1 aliphatic heterocycles. The number of nitrogens with one attached hydrogen (secondary N) is 1. The predicted molar refractivity (Wildman–Crippen MR) is 171 cm³/mol. The molecule has 2 aromatic carbocycles. The Morgan fingerprint density at radius 3 is 2.20 bits per heavy atom. The van der Waals surface area contributed by atoms with E-state index in [1.54, 1.807) is 30.3 Å². The van der Waals surface area contributed by atoms with Crippen molar-refractivity contribution in [1.82, 2.24) is 4.72 Å². The predicted octanol–water partition coefficient (Wildman–Crippen LogP) is 6.10. The molecule has 3 rings (SSSR count). The summed E-state index contributed by atoms with van der Waals surface area (Å²) in [5.74, 6) is -0.427. The molecule has 1 fully saturated rings. The number of amides is 1. The number of carbonyl (C=O) groups excluding carboxylic acids is 1. The van der Waals surface area contributed by atoms with E-state index in [0.717, 1.165) is 31.2 Å². The molecule has 2 aromatic rings. The van der Waals surface area contributed by atoms with E-state index in [1.165, 1.54) is 50.7 Å². The van der Waals surface area contributed by atoms with Crippen LogP contribution in [0.4, 0.5) is 0 Å². The summed E-state index contributed by atoms with van der Waals surface area (Å²) in [6.45, 7) is 5.97. The van der Waals surface area contributed by atoms with Crippen molar-refractivity contribution >= 4 is 15.9 Å². The van der Waals surface area contributed by atoms with Gasteiger partial charge < -0.3 is 23.7 Å². The van der Waals surface area contributed by atoms with Gasteiger partial charge in [0.1, 0.15) is 12.4 Å². The second-order valence-corrected chi connectivity index (χ2v) is 12.8. The lowest BCUT2D eigenvalue weighted by Crippen LogP contribution is -2.31. The Balaban J connectivity index is 1.67. The third-order valence-electron chi connectivity index (χ3n) is 7.43. The van der Waals surface area contributed by atoms with Gasteiger partial charge in [-0.2, -0.15) is 0 Å². The third kappa shape index (κ3) is 14.1. The van der Waals surface area contributed by atoms with E-state index in [0.29, 0.717) is 58.4 Å². The van der Waals surface area contributed by atoms with Gasteiger partial charge in [0.15, 0.2) is 0 Å². The van der Waals surface area contributed by atoms with Crippen LogP contribution in [0.5, 0.6) is 5.75 Å². The lowest BCUT2D eigenvalue weighted by molar-refractivity contribution is -0.0414. The van der Waals surface area contributed by atoms with Crippen molar-refractivity contribution < 1.29 is 36.9 Å². The number of hydrogen-bond donors (Lipinski definition) is 1. The summed E-state index contributed by atoms with van der Waals surface area (Å²) >= 11 is 0. The van der Waals surface area contributed by atoms with E-state index >= 15 is 0 Å². The van der Waals surface area contributed by atoms with Gasteiger partial charge in [0.05, 0.1) is 43.0 Å². The summed E-state index contributed by atoms with van der Waals surface area (Å²) in [5, 5.41) is 0. The fourth-order valence-electron chi connectivity index (χ4n) is 4.91. The number of aryl methyl sites for hydroxylation is 1. The number of carbonyl (C=O) groups is 1. The lowest BCUT2D eigenvalue weighted by Gasteiger charge is -2.20. The Morgan fingerprint density at radius 2 is 1.48 bits per heavy atom. The number of hydrogen-bond acceptors (Lipinski definition) is 8. The Bertz CT molecular complexity index is 1160. The van der Waals surface area contributed by atoms with Crippen molar-refractivity contribution in [2.45, 2.75) is 88.6 Å². The van der Waals surface area contributed by atoms with E-state index in [4.69, 9.17) is 23.7 Å². The maximum absolute atomic E-state index is 13.4. The van der Waals surface area contributed by atoms with Crippen LogP contribution in [0.25, 0.3) is 0 Å². The van der Waals surface area contributed by atoms with Gasteiger partial charge in [0, 0.05) is 26.2 Å². The van der Waals surface area contributed by atoms with Gasteiger partial charge in [0.2, 0.25) is 0 Å². The Labute approximate surface area is 264 Å². The van der Waals surface area contributed by atoms with Crippen LogP contribution in [0, 0.1) is 0 Å². The minimum absolute atomic E-state index is 0.0201. The molecule has 0 spiro atoms. The summed E-state index contributed by atoms with van der Waals surface area (Å²) in [6, 6.07) is 13.3. The average Bonchev–Trinajstić information content (AvgIpc) is 3.03. The molecule has 44 heavy (non-hydrogen) atoms. The van der Waals surface area contributed by atoms with Crippen molar-refractivity contribution in [1.29, 1.82) is 0 Å². The summed E-state index contributed by atoms with van der Waals surface area (Å²) in [4.78, 5) is 13.4. The first-order valence-electron chi connectivity index (χ1n) is 16.2. The number of benzene rings is 2. The third-order valence-corrected chi connectivity index (χ3v) is 8.77. The normalized spacial score (nSPS) is 17.4. The Hall–Kier alpha value is -2.50. The molecule has 1 heterocycles. The highest BCUT2D eigenvalue weighted by molar-refractivity contribution is 7.90. The summed E-state index contributed by atoms with van der Waals surface area (Å²) in [7, 11) is -4.06. The summed E-state index contributed by atoms with van der Waals surface area (Å²) in [6.07, 6.45) is 11.6. The fraction of sp³-hybridized carbons (Fsp3) is 0.618. The zero-order valence-corrected chi connectivity index (χ0v) is 27.1. The molecular formula is C34H51NO8S. The first kappa shape index (κ1) is 36.0. The molecule has 0 radical (unpaired) electrons. The highest BCUT2D eigenvalue weighted by atomic mass is 32.2. The largest absolute Gasteiger partial charge is 0.490 e. The smallest absolute Gasteiger partial charge is 0.268 e. The summed E-state index contributed by atoms with van der Waals surface area (Å²) < 4.78 is 57.1. The first-order valence-corrected chi connectivity index (χ1v) is 17.7. The van der Waals surface area contributed by atoms with Crippen molar-refractivity contribution in [2.24, 2.45) is 0 Å². The molecule has 9 nitrogen and oxygen atoms in total. The van der Waals surface area contributed by atoms with Gasteiger partial charge in [0.25, 0.3) is 15.9 Å². The Morgan fingerprint density at radius 1 is 0.818 bits per heavy atom. The Kier molecular flexibility index (Phi) is 17.4. The van der Waals surface area contributed by atoms with Crippen LogP contribution < -0.4 is 9.46 Å². The van der Waals surface area contributed by atoms with Crippen molar-refractivity contribution in [3.63, 3.8) is 0 Å². The van der Waals surface area contributed by atoms with Crippen LogP contribution >= 0.6 is 0 Å². The van der Waals surface area contributed by atoms with Crippen molar-refractivity contribution in [3.05, 3.63) is 59.7 Å². The lowest BCUT2D eigenvalue weighted by atomic mass is 10.0. The van der Waals surface area contributed by atoms with Gasteiger partial charge in [-0.15, -0.1) is 0 Å². The molecule has 1 amide bonds. The zero-order chi connectivity index (χ0) is 31.3. The van der Waals surface area contributed by atoms with Crippen LogP contribution in [0.3, 0.4) is 0 Å². The second kappa shape index (κ2) is 21.3. The van der Waals surface area contributed by atoms with E-state index in [2.05, 4.69) is 11.6 Å². The monoisotopic (exact) mass is 633 g/mol. The van der Waals surface area contributed by atoms with Crippen molar-refractivity contribution in [2.75, 3.05) is 52.9 Å². The molecule has 0 saturated carbocycles. The van der Waals surface area contributed by atoms with Crippen LogP contribution in [0.15, 0.2) is 53.4 Å². The minimum Gasteiger partial charge on any atom is -0.490 e. The van der Waals surface area contributed by atoms with Crippen LogP contribution in [-0.2, 0) is 35.4 Å². The van der Waals surface area contributed by atoms with Crippen LogP contribution in [-0.4, -0.2) is 73.3 Å². The molecular weight excluding hydrogens is 582 g/mol. The van der Waals surface area contributed by atoms with Crippen LogP contribution in [0.2, 0.25) is 0 Å². The van der Waals surface area contributed by atoms with E-state index in [1.807, 2.05) is 6.07 Å². The number of unbranched alkanes of at least 4 members (excludes halogenated alkanes) is 7. The molecule has 1 aliphatic rings. The minimum atomic E-state index is -4.06. The molecule has 1 unspecified atom stereocenters. The van der Waals surface area contributed by atoms with E-state index in [-0.39, 0.29) is 23.2 Å². The van der Waals surface area contributed by atoms with Gasteiger partial charge in [-0.25, -0.2) is 13.1 Å². The topological polar surface area (TPSA) is 109 Å². The van der Waals surface area contributed by atoms with Gasteiger partial charge in [-0.3, -0.25) is 4.79 Å². The zero-order valence-electron chi connectivity index (χ0n) is 26.3. The highest BCUT2D eigenvalue weighted by Crippen LogP contribution is 2.24. The molecule has 1 saturated heterocycles. The molecule has 10 heteroatoms. The molecule has 0 aliphatic carbocycles. The molecule has 0 aromatic heterocycles. The molecule has 1 atom stereocenters. The van der Waals surface area contributed by atoms with Crippen LogP contribution in [0.1, 0.15) is 87.1 Å². The van der Waals surface area contributed by atoms with E-state index < -0.39 is 15.9 Å². The quantitative estimate of drug-likeness (QED) is 0.235. The standard InChI is InChI=1S/C34H51NO8S/c1-2-3-4-5-6-7-8-10-14-29-17-18-33(32(27-29)34(36)35-44(37,38)31-15-11-9-12-16-31)43-28-30-19-22-41-24-23-39-20-13-21-40-25-26-42-30/h9,11-12,15-18,27,30H,2-8,10,13-14,19-26,28H2,1H3,(H,35,36). The fourth-order valence-corrected chi connectivity index (χ4v) is 5.89. The maximum atomic E-state index is 13.4. The van der Waals surface area contributed by atoms with E-state index in [9.17, 15) is 13.2 Å². The molecule has 0 bridgehead atoms. The average molecular weight is 634 g/mol. The van der Waals surface area contributed by atoms with Gasteiger partial charge in [-0.1, -0.05) is 76.1 Å². The number of ether oxygens (including phenoxy) is 5. The van der Waals surface area contributed by atoms with Gasteiger partial charge >= 0.3 is 0 Å². The first-order chi connectivity index (χ1) is 21.5.